The van der Waals surface area contributed by atoms with Gasteiger partial charge in [0, 0.05) is 24.3 Å². The van der Waals surface area contributed by atoms with Gasteiger partial charge in [-0.3, -0.25) is 0 Å². The number of hydrogen-bond acceptors (Lipinski definition) is 5. The largest absolute Gasteiger partial charge is 0.497 e. The van der Waals surface area contributed by atoms with Crippen molar-refractivity contribution < 1.29 is 19.1 Å². The normalized spacial score (nSPS) is 15.2. The number of methoxy groups -OCH3 is 2. The molecule has 0 radical (unpaired) electrons. The number of urea groups is 1. The lowest BCUT2D eigenvalue weighted by Crippen LogP contribution is -2.43. The van der Waals surface area contributed by atoms with Crippen LogP contribution in [0.15, 0.2) is 48.8 Å². The van der Waals surface area contributed by atoms with Crippen LogP contribution in [0.3, 0.4) is 0 Å². The molecule has 1 atom stereocenters. The summed E-state index contributed by atoms with van der Waals surface area (Å²) in [6.45, 7) is 2.40. The topological polar surface area (TPSA) is 96.6 Å². The number of carbonyl (C=O) groups excluding carboxylic acids is 2. The Hall–Kier alpha value is -3.81. The van der Waals surface area contributed by atoms with Crippen LogP contribution >= 0.6 is 0 Å². The minimum absolute atomic E-state index is 0.264. The number of aromatic nitrogens is 2. The van der Waals surface area contributed by atoms with Crippen LogP contribution in [0.25, 0.3) is 0 Å². The molecule has 160 valence electrons. The van der Waals surface area contributed by atoms with Crippen molar-refractivity contribution in [2.24, 2.45) is 0 Å². The lowest BCUT2D eigenvalue weighted by atomic mass is 9.96. The molecule has 0 spiro atoms. The Bertz CT molecular complexity index is 1110. The summed E-state index contributed by atoms with van der Waals surface area (Å²) in [5.74, 6) is 0.291. The SMILES string of the molecule is COC(=O)c1ccc(C)c(NC(=O)N2CCc3[nH]cnc3C2c2ccc(OC)cc2)c1. The van der Waals surface area contributed by atoms with Gasteiger partial charge < -0.3 is 24.7 Å². The van der Waals surface area contributed by atoms with Gasteiger partial charge in [-0.05, 0) is 42.3 Å². The Labute approximate surface area is 180 Å². The summed E-state index contributed by atoms with van der Waals surface area (Å²) in [4.78, 5) is 34.7. The zero-order chi connectivity index (χ0) is 22.0. The van der Waals surface area contributed by atoms with Crippen molar-refractivity contribution in [3.8, 4) is 5.75 Å². The highest BCUT2D eigenvalue weighted by molar-refractivity contribution is 5.95. The molecule has 2 aromatic carbocycles. The number of H-pyrrole nitrogens is 1. The summed E-state index contributed by atoms with van der Waals surface area (Å²) in [7, 11) is 2.95. The van der Waals surface area contributed by atoms with E-state index in [1.807, 2.05) is 31.2 Å². The summed E-state index contributed by atoms with van der Waals surface area (Å²) >= 11 is 0. The number of imidazole rings is 1. The fourth-order valence-corrected chi connectivity index (χ4v) is 3.81. The molecule has 0 aliphatic carbocycles. The van der Waals surface area contributed by atoms with Gasteiger partial charge in [-0.25, -0.2) is 14.6 Å². The fourth-order valence-electron chi connectivity index (χ4n) is 3.81. The van der Waals surface area contributed by atoms with Gasteiger partial charge in [0.05, 0.1) is 31.8 Å². The molecule has 0 bridgehead atoms. The molecule has 3 aromatic rings. The molecule has 2 amide bonds. The minimum Gasteiger partial charge on any atom is -0.497 e. The number of amides is 2. The minimum atomic E-state index is -0.453. The summed E-state index contributed by atoms with van der Waals surface area (Å²) in [6.07, 6.45) is 2.34. The van der Waals surface area contributed by atoms with E-state index < -0.39 is 5.97 Å². The predicted octanol–water partition coefficient (Wildman–Crippen LogP) is 3.69. The number of rotatable bonds is 4. The maximum Gasteiger partial charge on any atom is 0.337 e. The van der Waals surface area contributed by atoms with Crippen LogP contribution in [0, 0.1) is 6.92 Å². The van der Waals surface area contributed by atoms with Crippen LogP contribution in [0.2, 0.25) is 0 Å². The molecular weight excluding hydrogens is 396 g/mol. The van der Waals surface area contributed by atoms with E-state index in [-0.39, 0.29) is 12.1 Å². The van der Waals surface area contributed by atoms with Crippen molar-refractivity contribution in [3.05, 3.63) is 76.9 Å². The van der Waals surface area contributed by atoms with Gasteiger partial charge in [0.25, 0.3) is 0 Å². The molecule has 1 aliphatic rings. The second-order valence-electron chi connectivity index (χ2n) is 7.34. The summed E-state index contributed by atoms with van der Waals surface area (Å²) in [5, 5.41) is 2.96. The standard InChI is InChI=1S/C23H24N4O4/c1-14-4-5-16(22(28)31-3)12-19(14)26-23(29)27-11-10-18-20(25-13-24-18)21(27)15-6-8-17(30-2)9-7-15/h4-9,12-13,21H,10-11H2,1-3H3,(H,24,25)(H,26,29). The van der Waals surface area contributed by atoms with Gasteiger partial charge in [-0.1, -0.05) is 18.2 Å². The summed E-state index contributed by atoms with van der Waals surface area (Å²) in [5.41, 5.74) is 4.57. The van der Waals surface area contributed by atoms with E-state index in [1.54, 1.807) is 36.5 Å². The number of aryl methyl sites for hydroxylation is 1. The van der Waals surface area contributed by atoms with Crippen molar-refractivity contribution in [2.45, 2.75) is 19.4 Å². The number of esters is 1. The van der Waals surface area contributed by atoms with Crippen molar-refractivity contribution >= 4 is 17.7 Å². The first-order valence-electron chi connectivity index (χ1n) is 9.94. The van der Waals surface area contributed by atoms with Crippen LogP contribution in [0.5, 0.6) is 5.75 Å². The molecule has 0 saturated heterocycles. The molecule has 4 rings (SSSR count). The number of benzene rings is 2. The molecule has 1 aromatic heterocycles. The van der Waals surface area contributed by atoms with E-state index >= 15 is 0 Å². The highest BCUT2D eigenvalue weighted by Gasteiger charge is 2.34. The Balaban J connectivity index is 1.65. The smallest absolute Gasteiger partial charge is 0.337 e. The molecular formula is C23H24N4O4. The Morgan fingerprint density at radius 1 is 1.16 bits per heavy atom. The lowest BCUT2D eigenvalue weighted by Gasteiger charge is -2.35. The van der Waals surface area contributed by atoms with Crippen LogP contribution in [-0.4, -0.2) is 47.6 Å². The summed E-state index contributed by atoms with van der Waals surface area (Å²) in [6, 6.07) is 12.1. The number of nitrogens with zero attached hydrogens (tertiary/aromatic N) is 2. The third kappa shape index (κ3) is 3.96. The zero-order valence-corrected chi connectivity index (χ0v) is 17.6. The molecule has 8 heteroatoms. The summed E-state index contributed by atoms with van der Waals surface area (Å²) < 4.78 is 10.1. The Kier molecular flexibility index (Phi) is 5.62. The van der Waals surface area contributed by atoms with Gasteiger partial charge in [0.15, 0.2) is 0 Å². The third-order valence-corrected chi connectivity index (χ3v) is 5.52. The first-order valence-corrected chi connectivity index (χ1v) is 9.94. The van der Waals surface area contributed by atoms with E-state index in [4.69, 9.17) is 9.47 Å². The van der Waals surface area contributed by atoms with Crippen LogP contribution in [0.1, 0.15) is 38.9 Å². The van der Waals surface area contributed by atoms with Gasteiger partial charge in [0.1, 0.15) is 11.8 Å². The van der Waals surface area contributed by atoms with Crippen molar-refractivity contribution in [1.82, 2.24) is 14.9 Å². The number of anilines is 1. The van der Waals surface area contributed by atoms with E-state index in [0.29, 0.717) is 24.2 Å². The van der Waals surface area contributed by atoms with E-state index in [2.05, 4.69) is 15.3 Å². The van der Waals surface area contributed by atoms with E-state index in [0.717, 1.165) is 28.3 Å². The monoisotopic (exact) mass is 420 g/mol. The molecule has 1 unspecified atom stereocenters. The third-order valence-electron chi connectivity index (χ3n) is 5.52. The van der Waals surface area contributed by atoms with E-state index in [1.165, 1.54) is 7.11 Å². The van der Waals surface area contributed by atoms with Crippen LogP contribution in [-0.2, 0) is 11.2 Å². The fraction of sp³-hybridized carbons (Fsp3) is 0.261. The first kappa shape index (κ1) is 20.5. The van der Waals surface area contributed by atoms with Crippen molar-refractivity contribution in [3.63, 3.8) is 0 Å². The van der Waals surface area contributed by atoms with Crippen molar-refractivity contribution in [1.29, 1.82) is 0 Å². The number of hydrogen-bond donors (Lipinski definition) is 2. The van der Waals surface area contributed by atoms with Crippen molar-refractivity contribution in [2.75, 3.05) is 26.1 Å². The van der Waals surface area contributed by atoms with Gasteiger partial charge in [-0.15, -0.1) is 0 Å². The lowest BCUT2D eigenvalue weighted by molar-refractivity contribution is 0.0600. The number of aromatic amines is 1. The maximum atomic E-state index is 13.3. The average molecular weight is 420 g/mol. The molecule has 8 nitrogen and oxygen atoms in total. The Morgan fingerprint density at radius 2 is 1.94 bits per heavy atom. The number of fused-ring (bicyclic) bond motifs is 1. The molecule has 31 heavy (non-hydrogen) atoms. The number of carbonyl (C=O) groups is 2. The predicted molar refractivity (Wildman–Crippen MR) is 115 cm³/mol. The van der Waals surface area contributed by atoms with Crippen LogP contribution in [0.4, 0.5) is 10.5 Å². The molecule has 1 aliphatic heterocycles. The van der Waals surface area contributed by atoms with Gasteiger partial charge >= 0.3 is 12.0 Å². The molecule has 0 saturated carbocycles. The van der Waals surface area contributed by atoms with Gasteiger partial charge in [-0.2, -0.15) is 0 Å². The molecule has 0 fully saturated rings. The second-order valence-corrected chi connectivity index (χ2v) is 7.34. The Morgan fingerprint density at radius 3 is 2.65 bits per heavy atom. The second kappa shape index (κ2) is 8.51. The quantitative estimate of drug-likeness (QED) is 0.628. The van der Waals surface area contributed by atoms with Gasteiger partial charge in [0.2, 0.25) is 0 Å². The molecule has 2 heterocycles. The van der Waals surface area contributed by atoms with E-state index in [9.17, 15) is 9.59 Å². The molecule has 2 N–H and O–H groups in total. The maximum absolute atomic E-state index is 13.3. The first-order chi connectivity index (χ1) is 15.0. The average Bonchev–Trinajstić information content (AvgIpc) is 3.28. The highest BCUT2D eigenvalue weighted by Crippen LogP contribution is 2.34. The highest BCUT2D eigenvalue weighted by atomic mass is 16.5. The number of nitrogens with one attached hydrogen (secondary N) is 2. The number of ether oxygens (including phenoxy) is 2. The van der Waals surface area contributed by atoms with Crippen LogP contribution < -0.4 is 10.1 Å². The zero-order valence-electron chi connectivity index (χ0n) is 17.6.